The molecule has 0 heterocycles. The zero-order chi connectivity index (χ0) is 23.3. The third-order valence-electron chi connectivity index (χ3n) is 12.4. The molecule has 1 nitrogen and oxygen atoms in total. The predicted molar refractivity (Wildman–Crippen MR) is 140 cm³/mol. The monoisotopic (exact) mass is 441 g/mol. The van der Waals surface area contributed by atoms with Gasteiger partial charge in [-0.05, 0) is 136 Å². The smallest absolute Gasteiger partial charge is 0.00727 e. The molecular formula is C31H55N. The SMILES string of the molecule is C=C(C)CCC(C)C1CCC2C3CC(C)C4(C)CC(NCCC)CCC4(C)C3CCC12C. The first-order valence-corrected chi connectivity index (χ1v) is 14.4. The van der Waals surface area contributed by atoms with Crippen LogP contribution in [-0.4, -0.2) is 12.6 Å². The van der Waals surface area contributed by atoms with Crippen molar-refractivity contribution in [1.29, 1.82) is 0 Å². The van der Waals surface area contributed by atoms with Gasteiger partial charge in [0.25, 0.3) is 0 Å². The fourth-order valence-electron chi connectivity index (χ4n) is 10.2. The third kappa shape index (κ3) is 3.85. The number of rotatable bonds is 7. The van der Waals surface area contributed by atoms with Gasteiger partial charge in [0.15, 0.2) is 0 Å². The fraction of sp³-hybridized carbons (Fsp3) is 0.935. The molecule has 0 amide bonds. The van der Waals surface area contributed by atoms with E-state index in [9.17, 15) is 0 Å². The van der Waals surface area contributed by atoms with Crippen LogP contribution in [0.15, 0.2) is 12.2 Å². The van der Waals surface area contributed by atoms with Crippen LogP contribution in [-0.2, 0) is 0 Å². The van der Waals surface area contributed by atoms with Crippen molar-refractivity contribution in [3.63, 3.8) is 0 Å². The van der Waals surface area contributed by atoms with Crippen molar-refractivity contribution in [3.05, 3.63) is 12.2 Å². The van der Waals surface area contributed by atoms with Crippen LogP contribution >= 0.6 is 0 Å². The van der Waals surface area contributed by atoms with E-state index in [0.717, 1.165) is 41.5 Å². The molecule has 4 rings (SSSR count). The molecule has 0 aromatic heterocycles. The minimum Gasteiger partial charge on any atom is -0.314 e. The van der Waals surface area contributed by atoms with E-state index in [1.165, 1.54) is 82.7 Å². The number of nitrogens with one attached hydrogen (secondary N) is 1. The van der Waals surface area contributed by atoms with Crippen LogP contribution in [0, 0.1) is 51.8 Å². The van der Waals surface area contributed by atoms with Gasteiger partial charge in [0.2, 0.25) is 0 Å². The molecule has 0 spiro atoms. The van der Waals surface area contributed by atoms with Crippen LogP contribution in [0.25, 0.3) is 0 Å². The molecule has 4 fully saturated rings. The Morgan fingerprint density at radius 1 is 1.03 bits per heavy atom. The van der Waals surface area contributed by atoms with Crippen molar-refractivity contribution in [2.75, 3.05) is 6.54 Å². The Morgan fingerprint density at radius 3 is 2.47 bits per heavy atom. The Bertz CT molecular complexity index is 682. The molecule has 1 heteroatoms. The van der Waals surface area contributed by atoms with Crippen LogP contribution in [0.4, 0.5) is 0 Å². The molecule has 4 saturated carbocycles. The average molecular weight is 442 g/mol. The lowest BCUT2D eigenvalue weighted by atomic mass is 9.38. The Kier molecular flexibility index (Phi) is 7.02. The Balaban J connectivity index is 1.53. The summed E-state index contributed by atoms with van der Waals surface area (Å²) in [5, 5.41) is 3.91. The van der Waals surface area contributed by atoms with Crippen LogP contribution < -0.4 is 5.32 Å². The minimum absolute atomic E-state index is 0.512. The first-order chi connectivity index (χ1) is 15.1. The van der Waals surface area contributed by atoms with Gasteiger partial charge in [-0.25, -0.2) is 0 Å². The zero-order valence-corrected chi connectivity index (χ0v) is 22.7. The molecular weight excluding hydrogens is 386 g/mol. The first kappa shape index (κ1) is 24.8. The Hall–Kier alpha value is -0.300. The summed E-state index contributed by atoms with van der Waals surface area (Å²) >= 11 is 0. The standard InChI is InChI=1S/C31H55N/c1-9-18-32-24-14-17-30(7)28-15-16-29(6)26(22(4)11-10-21(2)3)12-13-27(29)25(28)19-23(5)31(30,8)20-24/h22-28,32H,2,9-20H2,1,3-8H3. The molecule has 0 aliphatic heterocycles. The van der Waals surface area contributed by atoms with Crippen LogP contribution in [0.3, 0.4) is 0 Å². The minimum atomic E-state index is 0.512. The highest BCUT2D eigenvalue weighted by molar-refractivity contribution is 5.14. The molecule has 0 saturated heterocycles. The van der Waals surface area contributed by atoms with Crippen molar-refractivity contribution in [3.8, 4) is 0 Å². The molecule has 184 valence electrons. The molecule has 0 bridgehead atoms. The maximum atomic E-state index is 4.18. The maximum Gasteiger partial charge on any atom is 0.00727 e. The van der Waals surface area contributed by atoms with E-state index in [0.29, 0.717) is 16.2 Å². The molecule has 0 aromatic carbocycles. The normalized spacial score (nSPS) is 49.1. The summed E-state index contributed by atoms with van der Waals surface area (Å²) < 4.78 is 0. The van der Waals surface area contributed by atoms with E-state index in [1.54, 1.807) is 0 Å². The summed E-state index contributed by atoms with van der Waals surface area (Å²) in [6, 6.07) is 0.755. The lowest BCUT2D eigenvalue weighted by Crippen LogP contribution is -2.62. The first-order valence-electron chi connectivity index (χ1n) is 14.4. The van der Waals surface area contributed by atoms with E-state index in [1.807, 2.05) is 0 Å². The lowest BCUT2D eigenvalue weighted by molar-refractivity contribution is -0.184. The second kappa shape index (κ2) is 9.05. The van der Waals surface area contributed by atoms with Gasteiger partial charge in [-0.15, -0.1) is 6.58 Å². The van der Waals surface area contributed by atoms with Gasteiger partial charge in [-0.3, -0.25) is 0 Å². The van der Waals surface area contributed by atoms with Gasteiger partial charge < -0.3 is 5.32 Å². The van der Waals surface area contributed by atoms with Gasteiger partial charge >= 0.3 is 0 Å². The van der Waals surface area contributed by atoms with E-state index in [2.05, 4.69) is 60.4 Å². The van der Waals surface area contributed by atoms with E-state index < -0.39 is 0 Å². The molecule has 4 aliphatic rings. The second-order valence-corrected chi connectivity index (χ2v) is 13.9. The van der Waals surface area contributed by atoms with Crippen LogP contribution in [0.5, 0.6) is 0 Å². The second-order valence-electron chi connectivity index (χ2n) is 13.9. The molecule has 10 unspecified atom stereocenters. The van der Waals surface area contributed by atoms with E-state index in [-0.39, 0.29) is 0 Å². The Morgan fingerprint density at radius 2 is 1.78 bits per heavy atom. The van der Waals surface area contributed by atoms with E-state index >= 15 is 0 Å². The Labute approximate surface area is 201 Å². The third-order valence-corrected chi connectivity index (χ3v) is 12.4. The van der Waals surface area contributed by atoms with Crippen LogP contribution in [0.1, 0.15) is 119 Å². The molecule has 4 aliphatic carbocycles. The molecule has 32 heavy (non-hydrogen) atoms. The van der Waals surface area contributed by atoms with Crippen molar-refractivity contribution in [2.24, 2.45) is 51.8 Å². The van der Waals surface area contributed by atoms with Gasteiger partial charge in [0.1, 0.15) is 0 Å². The summed E-state index contributed by atoms with van der Waals surface area (Å²) in [5.74, 6) is 5.61. The summed E-state index contributed by atoms with van der Waals surface area (Å²) in [4.78, 5) is 0. The van der Waals surface area contributed by atoms with Gasteiger partial charge in [-0.2, -0.15) is 0 Å². The zero-order valence-electron chi connectivity index (χ0n) is 22.7. The maximum absolute atomic E-state index is 4.18. The average Bonchev–Trinajstić information content (AvgIpc) is 3.10. The fourth-order valence-corrected chi connectivity index (χ4v) is 10.2. The van der Waals surface area contributed by atoms with Crippen molar-refractivity contribution >= 4 is 0 Å². The summed E-state index contributed by atoms with van der Waals surface area (Å²) in [5.41, 5.74) is 3.03. The molecule has 0 aromatic rings. The molecule has 10 atom stereocenters. The quantitative estimate of drug-likeness (QED) is 0.390. The topological polar surface area (TPSA) is 12.0 Å². The largest absolute Gasteiger partial charge is 0.314 e. The summed E-state index contributed by atoms with van der Waals surface area (Å²) in [7, 11) is 0. The number of allylic oxidation sites excluding steroid dienone is 1. The molecule has 0 radical (unpaired) electrons. The van der Waals surface area contributed by atoms with Crippen molar-refractivity contribution in [1.82, 2.24) is 5.32 Å². The van der Waals surface area contributed by atoms with Gasteiger partial charge in [-0.1, -0.05) is 47.1 Å². The van der Waals surface area contributed by atoms with Crippen molar-refractivity contribution in [2.45, 2.75) is 125 Å². The predicted octanol–water partition coefficient (Wildman–Crippen LogP) is 8.64. The van der Waals surface area contributed by atoms with Crippen molar-refractivity contribution < 1.29 is 0 Å². The number of hydrogen-bond donors (Lipinski definition) is 1. The number of fused-ring (bicyclic) bond motifs is 5. The number of hydrogen-bond acceptors (Lipinski definition) is 1. The van der Waals surface area contributed by atoms with Gasteiger partial charge in [0.05, 0.1) is 0 Å². The summed E-state index contributed by atoms with van der Waals surface area (Å²) in [6.07, 6.45) is 15.6. The molecule has 1 N–H and O–H groups in total. The summed E-state index contributed by atoms with van der Waals surface area (Å²) in [6.45, 7) is 23.3. The van der Waals surface area contributed by atoms with E-state index in [4.69, 9.17) is 0 Å². The lowest BCUT2D eigenvalue weighted by Gasteiger charge is -2.68. The highest BCUT2D eigenvalue weighted by atomic mass is 14.9. The highest BCUT2D eigenvalue weighted by Gasteiger charge is 2.65. The highest BCUT2D eigenvalue weighted by Crippen LogP contribution is 2.72. The van der Waals surface area contributed by atoms with Crippen LogP contribution in [0.2, 0.25) is 0 Å². The van der Waals surface area contributed by atoms with Gasteiger partial charge in [0, 0.05) is 6.04 Å².